The van der Waals surface area contributed by atoms with Crippen LogP contribution in [0.2, 0.25) is 0 Å². The first-order valence-electron chi connectivity index (χ1n) is 19.2. The van der Waals surface area contributed by atoms with Gasteiger partial charge in [-0.3, -0.25) is 15.1 Å². The van der Waals surface area contributed by atoms with Gasteiger partial charge in [0.15, 0.2) is 5.82 Å². The van der Waals surface area contributed by atoms with Crippen LogP contribution in [0.1, 0.15) is 73.6 Å². The zero-order valence-electron chi connectivity index (χ0n) is 32.3. The number of halogens is 2. The Balaban J connectivity index is 1.20. The van der Waals surface area contributed by atoms with Gasteiger partial charge < -0.3 is 19.1 Å². The Bertz CT molecular complexity index is 2140. The smallest absolute Gasteiger partial charge is 0.413 e. The van der Waals surface area contributed by atoms with Crippen molar-refractivity contribution in [2.24, 2.45) is 0 Å². The number of benzene rings is 2. The quantitative estimate of drug-likeness (QED) is 0.208. The average Bonchev–Trinajstić information content (AvgIpc) is 3.72. The van der Waals surface area contributed by atoms with Gasteiger partial charge in [-0.2, -0.15) is 9.97 Å². The van der Waals surface area contributed by atoms with Gasteiger partial charge in [-0.05, 0) is 97.4 Å². The molecule has 292 valence electrons. The number of pyridine rings is 1. The van der Waals surface area contributed by atoms with Crippen molar-refractivity contribution in [3.05, 3.63) is 48.3 Å². The monoisotopic (exact) mass is 757 g/mol. The Kier molecular flexibility index (Phi) is 9.25. The lowest BCUT2D eigenvalue weighted by molar-refractivity contribution is 0.0122. The lowest BCUT2D eigenvalue weighted by atomic mass is 9.95. The molecule has 0 unspecified atom stereocenters. The molecule has 0 aliphatic carbocycles. The molecule has 8 rings (SSSR count). The zero-order chi connectivity index (χ0) is 38.9. The number of hydrogen-bond acceptors (Lipinski definition) is 10. The lowest BCUT2D eigenvalue weighted by Gasteiger charge is -2.42. The van der Waals surface area contributed by atoms with Gasteiger partial charge >= 0.3 is 18.2 Å². The second-order valence-corrected chi connectivity index (χ2v) is 17.4. The van der Waals surface area contributed by atoms with Crippen molar-refractivity contribution < 1.29 is 32.6 Å². The maximum atomic E-state index is 17.3. The number of carbonyl (C=O) groups excluding carboxylic acids is 2. The largest absolute Gasteiger partial charge is 0.461 e. The van der Waals surface area contributed by atoms with E-state index in [1.165, 1.54) is 0 Å². The molecule has 12 nitrogen and oxygen atoms in total. The number of nitrogens with zero attached hydrogens (tertiary/aromatic N) is 6. The van der Waals surface area contributed by atoms with Crippen LogP contribution in [0.4, 0.5) is 30.0 Å². The van der Waals surface area contributed by atoms with Crippen molar-refractivity contribution >= 4 is 45.5 Å². The molecule has 2 amide bonds. The maximum absolute atomic E-state index is 17.3. The van der Waals surface area contributed by atoms with Crippen molar-refractivity contribution in [2.75, 3.05) is 43.0 Å². The number of alkyl halides is 1. The molecule has 2 aromatic carbocycles. The van der Waals surface area contributed by atoms with Crippen LogP contribution in [0.25, 0.3) is 32.9 Å². The van der Waals surface area contributed by atoms with Crippen molar-refractivity contribution in [1.82, 2.24) is 24.8 Å². The Labute approximate surface area is 319 Å². The molecule has 4 aromatic rings. The summed E-state index contributed by atoms with van der Waals surface area (Å²) >= 11 is 0. The van der Waals surface area contributed by atoms with Crippen LogP contribution in [0, 0.1) is 5.82 Å². The fraction of sp³-hybridized carbons (Fsp3) is 0.537. The van der Waals surface area contributed by atoms with Crippen LogP contribution < -0.4 is 15.0 Å². The minimum absolute atomic E-state index is 0.00200. The van der Waals surface area contributed by atoms with Gasteiger partial charge in [-0.1, -0.05) is 24.3 Å². The topological polar surface area (TPSA) is 122 Å². The molecule has 4 saturated heterocycles. The molecule has 2 aromatic heterocycles. The standard InChI is InChI=1S/C41H49F2N7O5/c1-39(2,3)54-37(51)45-31-18-24-10-7-8-11-28(24)33(44-31)29-14-15-30-34(32(29)43)46-36(53-23-41-16-9-17-49(41)20-25(42)19-41)47-35(30)48-21-26-12-13-27(22-48)50(26)38(52)55-40(4,5)6/h7-8,10-11,14-15,18,25-27H,9,12-13,16-17,19-23H2,1-6H3,(H,44,45,51)/t25-,26-,27+,41+/m1/s1. The first-order chi connectivity index (χ1) is 26.1. The Morgan fingerprint density at radius 3 is 2.38 bits per heavy atom. The van der Waals surface area contributed by atoms with E-state index in [1.807, 2.05) is 49.9 Å². The summed E-state index contributed by atoms with van der Waals surface area (Å²) in [5, 5.41) is 4.61. The van der Waals surface area contributed by atoms with Crippen molar-refractivity contribution in [3.8, 4) is 17.3 Å². The van der Waals surface area contributed by atoms with Crippen LogP contribution in [0.15, 0.2) is 42.5 Å². The van der Waals surface area contributed by atoms with E-state index in [0.29, 0.717) is 48.3 Å². The molecule has 4 atom stereocenters. The molecule has 0 saturated carbocycles. The van der Waals surface area contributed by atoms with Crippen LogP contribution in [0.5, 0.6) is 6.01 Å². The summed E-state index contributed by atoms with van der Waals surface area (Å²) in [5.41, 5.74) is -1.27. The highest BCUT2D eigenvalue weighted by molar-refractivity contribution is 6.01. The summed E-state index contributed by atoms with van der Waals surface area (Å²) in [6, 6.07) is 12.4. The molecule has 2 bridgehead atoms. The van der Waals surface area contributed by atoms with E-state index in [2.05, 4.69) is 20.1 Å². The fourth-order valence-corrected chi connectivity index (χ4v) is 8.83. The number of rotatable bonds is 6. The molecule has 4 aliphatic rings. The van der Waals surface area contributed by atoms with Crippen LogP contribution in [-0.4, -0.2) is 105 Å². The summed E-state index contributed by atoms with van der Waals surface area (Å²) in [5.74, 6) is 0.0787. The Morgan fingerprint density at radius 2 is 1.65 bits per heavy atom. The average molecular weight is 758 g/mol. The third kappa shape index (κ3) is 7.32. The molecule has 1 N–H and O–H groups in total. The van der Waals surface area contributed by atoms with E-state index in [4.69, 9.17) is 24.2 Å². The number of hydrogen-bond donors (Lipinski definition) is 1. The second kappa shape index (κ2) is 13.7. The van der Waals surface area contributed by atoms with E-state index >= 15 is 4.39 Å². The van der Waals surface area contributed by atoms with E-state index in [0.717, 1.165) is 37.6 Å². The normalized spacial score (nSPS) is 24.0. The zero-order valence-corrected chi connectivity index (χ0v) is 32.3. The first-order valence-corrected chi connectivity index (χ1v) is 19.2. The highest BCUT2D eigenvalue weighted by Gasteiger charge is 2.50. The third-order valence-electron chi connectivity index (χ3n) is 11.0. The van der Waals surface area contributed by atoms with Crippen LogP contribution >= 0.6 is 0 Å². The second-order valence-electron chi connectivity index (χ2n) is 17.4. The molecule has 55 heavy (non-hydrogen) atoms. The van der Waals surface area contributed by atoms with Gasteiger partial charge in [0, 0.05) is 42.4 Å². The molecule has 4 fully saturated rings. The van der Waals surface area contributed by atoms with Gasteiger partial charge in [0.05, 0.1) is 23.3 Å². The number of piperazine rings is 1. The maximum Gasteiger partial charge on any atom is 0.413 e. The number of aromatic nitrogens is 3. The Morgan fingerprint density at radius 1 is 0.927 bits per heavy atom. The highest BCUT2D eigenvalue weighted by atomic mass is 19.1. The van der Waals surface area contributed by atoms with Crippen molar-refractivity contribution in [3.63, 3.8) is 0 Å². The number of fused-ring (bicyclic) bond motifs is 5. The summed E-state index contributed by atoms with van der Waals surface area (Å²) in [6.45, 7) is 13.2. The summed E-state index contributed by atoms with van der Waals surface area (Å²) in [7, 11) is 0. The lowest BCUT2D eigenvalue weighted by Crippen LogP contribution is -2.57. The number of amides is 2. The van der Waals surface area contributed by atoms with Gasteiger partial charge in [0.2, 0.25) is 0 Å². The van der Waals surface area contributed by atoms with Crippen LogP contribution in [-0.2, 0) is 9.47 Å². The van der Waals surface area contributed by atoms with E-state index < -0.39 is 34.8 Å². The SMILES string of the molecule is CC(C)(C)OC(=O)Nc1cc2ccccc2c(-c2ccc3c(N4C[C@H]5CC[C@@H](C4)N5C(=O)OC(C)(C)C)nc(OC[C@@]45CCCN4C[C@H](F)C5)nc3c2F)n1. The van der Waals surface area contributed by atoms with Crippen molar-refractivity contribution in [2.45, 2.75) is 109 Å². The molecule has 4 aliphatic heterocycles. The molecule has 0 radical (unpaired) electrons. The molecule has 14 heteroatoms. The fourth-order valence-electron chi connectivity index (χ4n) is 8.83. The predicted molar refractivity (Wildman–Crippen MR) is 206 cm³/mol. The number of anilines is 2. The molecular formula is C41H49F2N7O5. The predicted octanol–water partition coefficient (Wildman–Crippen LogP) is 7.87. The van der Waals surface area contributed by atoms with E-state index in [9.17, 15) is 14.0 Å². The number of carbonyl (C=O) groups is 2. The third-order valence-corrected chi connectivity index (χ3v) is 11.0. The minimum atomic E-state index is -0.934. The van der Waals surface area contributed by atoms with E-state index in [1.54, 1.807) is 39.0 Å². The molecular weight excluding hydrogens is 708 g/mol. The van der Waals surface area contributed by atoms with Gasteiger partial charge in [0.25, 0.3) is 0 Å². The van der Waals surface area contributed by atoms with E-state index in [-0.39, 0.29) is 47.7 Å². The summed E-state index contributed by atoms with van der Waals surface area (Å²) < 4.78 is 49.5. The summed E-state index contributed by atoms with van der Waals surface area (Å²) in [6.07, 6.45) is 1.78. The summed E-state index contributed by atoms with van der Waals surface area (Å²) in [4.78, 5) is 46.5. The Hall–Kier alpha value is -4.85. The van der Waals surface area contributed by atoms with Crippen molar-refractivity contribution in [1.29, 1.82) is 0 Å². The van der Waals surface area contributed by atoms with Gasteiger partial charge in [-0.15, -0.1) is 0 Å². The number of nitrogens with one attached hydrogen (secondary N) is 1. The minimum Gasteiger partial charge on any atom is -0.461 e. The van der Waals surface area contributed by atoms with Gasteiger partial charge in [0.1, 0.15) is 41.1 Å². The first kappa shape index (κ1) is 37.1. The molecule has 6 heterocycles. The highest BCUT2D eigenvalue weighted by Crippen LogP contribution is 2.42. The number of ether oxygens (including phenoxy) is 3. The molecule has 0 spiro atoms. The van der Waals surface area contributed by atoms with Gasteiger partial charge in [-0.25, -0.2) is 23.4 Å². The van der Waals surface area contributed by atoms with Crippen LogP contribution in [0.3, 0.4) is 0 Å².